The number of alkyl halides is 3. The standard InChI is InChI=1S/C2H2Cl3F2OPS/c3-1-2(6,7)8-9(4,5)10/h1H2. The molecule has 0 spiro atoms. The molecule has 0 saturated carbocycles. The summed E-state index contributed by atoms with van der Waals surface area (Å²) < 4.78 is 27.9. The van der Waals surface area contributed by atoms with E-state index in [0.29, 0.717) is 0 Å². The smallest absolute Gasteiger partial charge is 0.260 e. The molecule has 0 atom stereocenters. The predicted molar refractivity (Wildman–Crippen MR) is 42.7 cm³/mol. The Hall–Kier alpha value is 1.34. The highest BCUT2D eigenvalue weighted by Gasteiger charge is 2.34. The lowest BCUT2D eigenvalue weighted by atomic mass is 10.8. The van der Waals surface area contributed by atoms with Crippen LogP contribution in [-0.4, -0.2) is 12.0 Å². The molecule has 0 radical (unpaired) electrons. The van der Waals surface area contributed by atoms with Gasteiger partial charge in [0.1, 0.15) is 5.88 Å². The van der Waals surface area contributed by atoms with Crippen LogP contribution in [0.25, 0.3) is 0 Å². The van der Waals surface area contributed by atoms with Gasteiger partial charge in [0.15, 0.2) is 0 Å². The molecule has 0 rings (SSSR count). The molecule has 0 aromatic rings. The summed E-state index contributed by atoms with van der Waals surface area (Å²) in [6, 6.07) is 0. The van der Waals surface area contributed by atoms with Crippen LogP contribution in [-0.2, 0) is 16.3 Å². The lowest BCUT2D eigenvalue weighted by Gasteiger charge is -2.15. The van der Waals surface area contributed by atoms with E-state index in [1.807, 2.05) is 0 Å². The second kappa shape index (κ2) is 3.83. The summed E-state index contributed by atoms with van der Waals surface area (Å²) in [7, 11) is 0. The third-order valence-electron chi connectivity index (χ3n) is 0.395. The molecular formula is C2H2Cl3F2OPS. The second-order valence-corrected chi connectivity index (χ2v) is 8.68. The van der Waals surface area contributed by atoms with Gasteiger partial charge in [0.25, 0.3) is 0 Å². The van der Waals surface area contributed by atoms with Gasteiger partial charge in [-0.25, -0.2) is 0 Å². The largest absolute Gasteiger partial charge is 0.374 e. The van der Waals surface area contributed by atoms with Crippen molar-refractivity contribution in [1.82, 2.24) is 0 Å². The highest BCUT2D eigenvalue weighted by molar-refractivity contribution is 8.36. The molecule has 0 aliphatic carbocycles. The van der Waals surface area contributed by atoms with Crippen molar-refractivity contribution in [2.24, 2.45) is 0 Å². The monoisotopic (exact) mass is 248 g/mol. The van der Waals surface area contributed by atoms with Crippen LogP contribution in [0.15, 0.2) is 0 Å². The Morgan fingerprint density at radius 2 is 1.90 bits per heavy atom. The zero-order valence-corrected chi connectivity index (χ0v) is 8.34. The quantitative estimate of drug-likeness (QED) is 0.559. The molecule has 0 heterocycles. The van der Waals surface area contributed by atoms with Gasteiger partial charge in [-0.15, -0.1) is 11.6 Å². The maximum absolute atomic E-state index is 12.1. The van der Waals surface area contributed by atoms with Gasteiger partial charge in [0.05, 0.1) is 0 Å². The molecule has 8 heteroatoms. The molecule has 0 aliphatic rings. The van der Waals surface area contributed by atoms with Gasteiger partial charge in [-0.05, 0) is 34.3 Å². The fourth-order valence-electron chi connectivity index (χ4n) is 0.180. The van der Waals surface area contributed by atoms with E-state index >= 15 is 0 Å². The molecule has 0 aromatic carbocycles. The van der Waals surface area contributed by atoms with Gasteiger partial charge in [0.2, 0.25) is 4.97 Å². The molecule has 0 amide bonds. The molecule has 0 unspecified atom stereocenters. The van der Waals surface area contributed by atoms with E-state index in [4.69, 9.17) is 34.1 Å². The molecule has 10 heavy (non-hydrogen) atoms. The Labute approximate surface area is 76.2 Å². The van der Waals surface area contributed by atoms with Crippen molar-refractivity contribution in [3.8, 4) is 0 Å². The minimum Gasteiger partial charge on any atom is -0.260 e. The highest BCUT2D eigenvalue weighted by Crippen LogP contribution is 2.61. The molecule has 1 nitrogen and oxygen atoms in total. The molecule has 0 fully saturated rings. The average molecular weight is 249 g/mol. The lowest BCUT2D eigenvalue weighted by Crippen LogP contribution is -2.19. The fourth-order valence-corrected chi connectivity index (χ4v) is 1.62. The van der Waals surface area contributed by atoms with E-state index in [1.165, 1.54) is 0 Å². The summed E-state index contributed by atoms with van der Waals surface area (Å²) in [6.45, 7) is 0. The SMILES string of the molecule is FC(F)(CCl)OP(=S)(Cl)Cl. The van der Waals surface area contributed by atoms with Gasteiger partial charge < -0.3 is 0 Å². The van der Waals surface area contributed by atoms with E-state index in [-0.39, 0.29) is 0 Å². The predicted octanol–water partition coefficient (Wildman–Crippen LogP) is 3.54. The van der Waals surface area contributed by atoms with E-state index in [9.17, 15) is 8.78 Å². The van der Waals surface area contributed by atoms with E-state index in [0.717, 1.165) is 0 Å². The Morgan fingerprint density at radius 1 is 1.50 bits per heavy atom. The lowest BCUT2D eigenvalue weighted by molar-refractivity contribution is -0.147. The van der Waals surface area contributed by atoms with E-state index in [1.54, 1.807) is 0 Å². The van der Waals surface area contributed by atoms with Crippen molar-refractivity contribution in [2.45, 2.75) is 6.11 Å². The van der Waals surface area contributed by atoms with Crippen LogP contribution < -0.4 is 0 Å². The summed E-state index contributed by atoms with van der Waals surface area (Å²) in [5, 5.41) is 0. The van der Waals surface area contributed by atoms with Crippen LogP contribution in [0, 0.1) is 0 Å². The molecule has 0 aliphatic heterocycles. The van der Waals surface area contributed by atoms with Crippen molar-refractivity contribution < 1.29 is 13.3 Å². The van der Waals surface area contributed by atoms with Gasteiger partial charge >= 0.3 is 6.11 Å². The Morgan fingerprint density at radius 3 is 2.00 bits per heavy atom. The fraction of sp³-hybridized carbons (Fsp3) is 1.00. The van der Waals surface area contributed by atoms with Gasteiger partial charge in [-0.1, -0.05) is 0 Å². The first-order valence-corrected chi connectivity index (χ1v) is 6.97. The van der Waals surface area contributed by atoms with Crippen molar-refractivity contribution in [1.29, 1.82) is 0 Å². The summed E-state index contributed by atoms with van der Waals surface area (Å²) in [5.74, 6) is -1.01. The summed E-state index contributed by atoms with van der Waals surface area (Å²) >= 11 is 19.0. The number of hydrogen-bond donors (Lipinski definition) is 0. The minimum absolute atomic E-state index is 1.01. The maximum atomic E-state index is 12.1. The highest BCUT2D eigenvalue weighted by atomic mass is 35.9. The number of rotatable bonds is 3. The molecule has 62 valence electrons. The van der Waals surface area contributed by atoms with Crippen LogP contribution in [0.4, 0.5) is 8.78 Å². The maximum Gasteiger partial charge on any atom is 0.374 e. The van der Waals surface area contributed by atoms with Crippen LogP contribution >= 0.6 is 39.1 Å². The summed E-state index contributed by atoms with van der Waals surface area (Å²) in [4.78, 5) is -3.36. The Balaban J connectivity index is 4.02. The number of hydrogen-bond acceptors (Lipinski definition) is 2. The first-order chi connectivity index (χ1) is 4.27. The van der Waals surface area contributed by atoms with Crippen LogP contribution in [0.1, 0.15) is 0 Å². The average Bonchev–Trinajstić information content (AvgIpc) is 1.60. The van der Waals surface area contributed by atoms with Gasteiger partial charge in [-0.3, -0.25) is 4.52 Å². The zero-order valence-electron chi connectivity index (χ0n) is 4.36. The molecule has 0 aromatic heterocycles. The molecule has 0 saturated heterocycles. The van der Waals surface area contributed by atoms with Gasteiger partial charge in [-0.2, -0.15) is 8.78 Å². The van der Waals surface area contributed by atoms with E-state index in [2.05, 4.69) is 16.3 Å². The van der Waals surface area contributed by atoms with Crippen LogP contribution in [0.5, 0.6) is 0 Å². The van der Waals surface area contributed by atoms with Crippen LogP contribution in [0.3, 0.4) is 0 Å². The van der Waals surface area contributed by atoms with Crippen molar-refractivity contribution in [3.63, 3.8) is 0 Å². The normalized spacial score (nSPS) is 13.7. The summed E-state index contributed by atoms with van der Waals surface area (Å²) in [5.41, 5.74) is 0. The Kier molecular flexibility index (Phi) is 4.35. The first kappa shape index (κ1) is 11.3. The summed E-state index contributed by atoms with van der Waals surface area (Å²) in [6.07, 6.45) is -3.53. The van der Waals surface area contributed by atoms with E-state index < -0.39 is 17.0 Å². The second-order valence-electron chi connectivity index (χ2n) is 1.28. The molecule has 0 N–H and O–H groups in total. The minimum atomic E-state index is -3.53. The molecular weight excluding hydrogens is 247 g/mol. The van der Waals surface area contributed by atoms with Crippen LogP contribution in [0.2, 0.25) is 0 Å². The first-order valence-electron chi connectivity index (χ1n) is 1.91. The third kappa shape index (κ3) is 6.08. The zero-order chi connectivity index (χ0) is 8.41. The topological polar surface area (TPSA) is 9.23 Å². The molecule has 0 bridgehead atoms. The Bertz CT molecular complexity index is 159. The van der Waals surface area contributed by atoms with Crippen molar-refractivity contribution in [2.75, 3.05) is 5.88 Å². The van der Waals surface area contributed by atoms with Crippen molar-refractivity contribution in [3.05, 3.63) is 0 Å². The van der Waals surface area contributed by atoms with Gasteiger partial charge in [0, 0.05) is 0 Å². The number of halogens is 5. The third-order valence-corrected chi connectivity index (χ3v) is 1.82. The van der Waals surface area contributed by atoms with Crippen molar-refractivity contribution >= 4 is 50.9 Å².